The third-order valence-electron chi connectivity index (χ3n) is 6.33. The van der Waals surface area contributed by atoms with Gasteiger partial charge in [0.05, 0.1) is 18.1 Å². The van der Waals surface area contributed by atoms with Gasteiger partial charge in [-0.05, 0) is 42.2 Å². The van der Waals surface area contributed by atoms with Crippen LogP contribution in [0.3, 0.4) is 0 Å². The highest BCUT2D eigenvalue weighted by atomic mass is 19.1. The van der Waals surface area contributed by atoms with Crippen molar-refractivity contribution in [2.24, 2.45) is 0 Å². The summed E-state index contributed by atoms with van der Waals surface area (Å²) in [7, 11) is 3.76. The van der Waals surface area contributed by atoms with E-state index in [2.05, 4.69) is 9.97 Å². The molecule has 8 heteroatoms. The summed E-state index contributed by atoms with van der Waals surface area (Å²) in [5.41, 5.74) is 3.79. The Bertz CT molecular complexity index is 1340. The van der Waals surface area contributed by atoms with Gasteiger partial charge in [-0.25, -0.2) is 19.3 Å². The second-order valence-electron chi connectivity index (χ2n) is 8.92. The molecule has 2 aromatic heterocycles. The van der Waals surface area contributed by atoms with Gasteiger partial charge in [-0.15, -0.1) is 0 Å². The summed E-state index contributed by atoms with van der Waals surface area (Å²) in [5.74, 6) is 0.205. The molecule has 0 N–H and O–H groups in total. The molecule has 1 fully saturated rings. The van der Waals surface area contributed by atoms with Crippen LogP contribution < -0.4 is 4.90 Å². The van der Waals surface area contributed by atoms with Gasteiger partial charge in [-0.1, -0.05) is 30.3 Å². The van der Waals surface area contributed by atoms with Gasteiger partial charge in [0.15, 0.2) is 0 Å². The standard InChI is InChI=1S/C27H27FN6O/c1-32(2)27-30-16-23(19-8-5-9-21(28)15-19)25(31-27)24-11-6-13-34(24)26(35)22-10-4-3-7-20(22)17-33-14-12-29-18-33/h3-5,7-10,12,14-16,18,24H,6,11,13,17H2,1-2H3/t24-/m0/s1. The average Bonchev–Trinajstić information content (AvgIpc) is 3.56. The maximum atomic E-state index is 14.1. The topological polar surface area (TPSA) is 67.2 Å². The highest BCUT2D eigenvalue weighted by Crippen LogP contribution is 2.38. The average molecular weight is 471 g/mol. The number of imidazole rings is 1. The zero-order valence-corrected chi connectivity index (χ0v) is 19.8. The molecule has 0 radical (unpaired) electrons. The summed E-state index contributed by atoms with van der Waals surface area (Å²) in [5, 5.41) is 0. The van der Waals surface area contributed by atoms with E-state index in [0.29, 0.717) is 30.2 Å². The van der Waals surface area contributed by atoms with Crippen molar-refractivity contribution in [2.75, 3.05) is 25.5 Å². The van der Waals surface area contributed by atoms with E-state index < -0.39 is 0 Å². The van der Waals surface area contributed by atoms with E-state index in [1.807, 2.05) is 65.0 Å². The smallest absolute Gasteiger partial charge is 0.254 e. The number of aromatic nitrogens is 4. The van der Waals surface area contributed by atoms with Crippen molar-refractivity contribution < 1.29 is 9.18 Å². The first-order valence-corrected chi connectivity index (χ1v) is 11.7. The number of halogens is 1. The molecular weight excluding hydrogens is 443 g/mol. The van der Waals surface area contributed by atoms with E-state index in [1.165, 1.54) is 12.1 Å². The summed E-state index contributed by atoms with van der Waals surface area (Å²) in [4.78, 5) is 31.1. The van der Waals surface area contributed by atoms with Gasteiger partial charge in [-0.3, -0.25) is 4.79 Å². The molecule has 35 heavy (non-hydrogen) atoms. The lowest BCUT2D eigenvalue weighted by molar-refractivity contribution is 0.0732. The highest BCUT2D eigenvalue weighted by molar-refractivity contribution is 5.96. The number of hydrogen-bond acceptors (Lipinski definition) is 5. The minimum atomic E-state index is -0.321. The number of hydrogen-bond donors (Lipinski definition) is 0. The molecule has 4 aromatic rings. The van der Waals surface area contributed by atoms with E-state index in [0.717, 1.165) is 29.7 Å². The van der Waals surface area contributed by atoms with E-state index in [-0.39, 0.29) is 17.8 Å². The third-order valence-corrected chi connectivity index (χ3v) is 6.33. The summed E-state index contributed by atoms with van der Waals surface area (Å²) < 4.78 is 16.0. The third kappa shape index (κ3) is 4.64. The molecule has 1 atom stereocenters. The predicted octanol–water partition coefficient (Wildman–Crippen LogP) is 4.57. The largest absolute Gasteiger partial charge is 0.347 e. The van der Waals surface area contributed by atoms with Gasteiger partial charge in [0, 0.05) is 56.9 Å². The van der Waals surface area contributed by atoms with Gasteiger partial charge in [0.1, 0.15) is 5.82 Å². The Morgan fingerprint density at radius 3 is 2.80 bits per heavy atom. The molecule has 5 rings (SSSR count). The van der Waals surface area contributed by atoms with Gasteiger partial charge in [0.25, 0.3) is 5.91 Å². The monoisotopic (exact) mass is 470 g/mol. The Balaban J connectivity index is 1.54. The van der Waals surface area contributed by atoms with Crippen LogP contribution in [-0.2, 0) is 6.54 Å². The molecule has 0 aliphatic carbocycles. The van der Waals surface area contributed by atoms with Crippen LogP contribution in [0.25, 0.3) is 11.1 Å². The molecule has 0 bridgehead atoms. The Hall–Kier alpha value is -4.07. The molecule has 0 spiro atoms. The number of carbonyl (C=O) groups excluding carboxylic acids is 1. The number of rotatable bonds is 6. The Morgan fingerprint density at radius 2 is 2.03 bits per heavy atom. The fraction of sp³-hybridized carbons (Fsp3) is 0.259. The first-order valence-electron chi connectivity index (χ1n) is 11.7. The van der Waals surface area contributed by atoms with Gasteiger partial charge < -0.3 is 14.4 Å². The molecule has 7 nitrogen and oxygen atoms in total. The van der Waals surface area contributed by atoms with Crippen LogP contribution in [0.1, 0.15) is 40.5 Å². The van der Waals surface area contributed by atoms with Crippen molar-refractivity contribution in [1.82, 2.24) is 24.4 Å². The Morgan fingerprint density at radius 1 is 1.17 bits per heavy atom. The fourth-order valence-corrected chi connectivity index (χ4v) is 4.63. The molecule has 1 aliphatic heterocycles. The quantitative estimate of drug-likeness (QED) is 0.413. The molecule has 0 unspecified atom stereocenters. The van der Waals surface area contributed by atoms with Gasteiger partial charge >= 0.3 is 0 Å². The van der Waals surface area contributed by atoms with Crippen LogP contribution in [0.4, 0.5) is 10.3 Å². The SMILES string of the molecule is CN(C)c1ncc(-c2cccc(F)c2)c([C@@H]2CCCN2C(=O)c2ccccc2Cn2ccnc2)n1. The second kappa shape index (κ2) is 9.66. The Labute approximate surface area is 203 Å². The zero-order chi connectivity index (χ0) is 24.4. The zero-order valence-electron chi connectivity index (χ0n) is 19.8. The number of benzene rings is 2. The minimum Gasteiger partial charge on any atom is -0.347 e. The van der Waals surface area contributed by atoms with Crippen LogP contribution in [0.5, 0.6) is 0 Å². The molecule has 0 saturated carbocycles. The molecule has 2 aromatic carbocycles. The van der Waals surface area contributed by atoms with E-state index >= 15 is 0 Å². The van der Waals surface area contributed by atoms with Crippen LogP contribution in [-0.4, -0.2) is 51.0 Å². The molecule has 3 heterocycles. The number of nitrogens with zero attached hydrogens (tertiary/aromatic N) is 6. The summed E-state index contributed by atoms with van der Waals surface area (Å²) in [6.07, 6.45) is 8.74. The summed E-state index contributed by atoms with van der Waals surface area (Å²) in [6.45, 7) is 1.19. The highest BCUT2D eigenvalue weighted by Gasteiger charge is 2.34. The first-order chi connectivity index (χ1) is 17.0. The van der Waals surface area contributed by atoms with Crippen molar-refractivity contribution in [3.63, 3.8) is 0 Å². The molecule has 1 amide bonds. The van der Waals surface area contributed by atoms with E-state index in [1.54, 1.807) is 24.8 Å². The fourth-order valence-electron chi connectivity index (χ4n) is 4.63. The molecule has 1 saturated heterocycles. The lowest BCUT2D eigenvalue weighted by Gasteiger charge is -2.27. The summed E-state index contributed by atoms with van der Waals surface area (Å²) in [6, 6.07) is 13.9. The normalized spacial score (nSPS) is 15.4. The maximum Gasteiger partial charge on any atom is 0.254 e. The van der Waals surface area contributed by atoms with Crippen LogP contribution >= 0.6 is 0 Å². The lowest BCUT2D eigenvalue weighted by atomic mass is 9.99. The van der Waals surface area contributed by atoms with Crippen molar-refractivity contribution in [2.45, 2.75) is 25.4 Å². The van der Waals surface area contributed by atoms with E-state index in [4.69, 9.17) is 4.98 Å². The summed E-state index contributed by atoms with van der Waals surface area (Å²) >= 11 is 0. The van der Waals surface area contributed by atoms with Crippen molar-refractivity contribution in [1.29, 1.82) is 0 Å². The Kier molecular flexibility index (Phi) is 6.27. The second-order valence-corrected chi connectivity index (χ2v) is 8.92. The maximum absolute atomic E-state index is 14.1. The number of anilines is 1. The lowest BCUT2D eigenvalue weighted by Crippen LogP contribution is -2.32. The van der Waals surface area contributed by atoms with Gasteiger partial charge in [-0.2, -0.15) is 0 Å². The van der Waals surface area contributed by atoms with Crippen LogP contribution in [0.15, 0.2) is 73.4 Å². The minimum absolute atomic E-state index is 0.0292. The first kappa shape index (κ1) is 22.7. The molecular formula is C27H27FN6O. The van der Waals surface area contributed by atoms with Gasteiger partial charge in [0.2, 0.25) is 5.95 Å². The van der Waals surface area contributed by atoms with Crippen molar-refractivity contribution in [3.8, 4) is 11.1 Å². The van der Waals surface area contributed by atoms with Crippen LogP contribution in [0, 0.1) is 5.82 Å². The van der Waals surface area contributed by atoms with Crippen molar-refractivity contribution >= 4 is 11.9 Å². The van der Waals surface area contributed by atoms with Crippen molar-refractivity contribution in [3.05, 3.63) is 96.1 Å². The molecule has 1 aliphatic rings. The van der Waals surface area contributed by atoms with E-state index in [9.17, 15) is 9.18 Å². The number of amides is 1. The number of likely N-dealkylation sites (tertiary alicyclic amines) is 1. The number of carbonyl (C=O) groups is 1. The predicted molar refractivity (Wildman–Crippen MR) is 133 cm³/mol. The van der Waals surface area contributed by atoms with Crippen LogP contribution in [0.2, 0.25) is 0 Å². The molecule has 178 valence electrons.